The minimum Gasteiger partial charge on any atom is -0.342 e. The Morgan fingerprint density at radius 1 is 1.17 bits per heavy atom. The van der Waals surface area contributed by atoms with E-state index in [-0.39, 0.29) is 24.4 Å². The van der Waals surface area contributed by atoms with Crippen molar-refractivity contribution in [1.82, 2.24) is 10.2 Å². The first-order valence-corrected chi connectivity index (χ1v) is 7.26. The highest BCUT2D eigenvalue weighted by atomic mass is 16.2. The highest BCUT2D eigenvalue weighted by Crippen LogP contribution is 2.37. The van der Waals surface area contributed by atoms with Crippen LogP contribution < -0.4 is 5.32 Å². The van der Waals surface area contributed by atoms with Crippen molar-refractivity contribution in [3.05, 3.63) is 0 Å². The van der Waals surface area contributed by atoms with E-state index >= 15 is 0 Å². The van der Waals surface area contributed by atoms with Gasteiger partial charge in [-0.2, -0.15) is 0 Å². The predicted octanol–water partition coefficient (Wildman–Crippen LogP) is 1.30. The molecule has 2 aliphatic carbocycles. The van der Waals surface area contributed by atoms with E-state index < -0.39 is 0 Å². The maximum atomic E-state index is 12.5. The van der Waals surface area contributed by atoms with Gasteiger partial charge in [0.05, 0.1) is 6.54 Å². The van der Waals surface area contributed by atoms with Gasteiger partial charge in [0.15, 0.2) is 0 Å². The Balaban J connectivity index is 1.72. The summed E-state index contributed by atoms with van der Waals surface area (Å²) in [7, 11) is 0. The lowest BCUT2D eigenvalue weighted by atomic mass is 9.82. The van der Waals surface area contributed by atoms with E-state index in [0.29, 0.717) is 17.9 Å². The number of nitrogens with one attached hydrogen (secondary N) is 1. The lowest BCUT2D eigenvalue weighted by Crippen LogP contribution is -2.61. The van der Waals surface area contributed by atoms with Gasteiger partial charge >= 0.3 is 0 Å². The van der Waals surface area contributed by atoms with Crippen LogP contribution >= 0.6 is 0 Å². The van der Waals surface area contributed by atoms with Crippen LogP contribution in [0.25, 0.3) is 0 Å². The molecule has 2 saturated carbocycles. The molecule has 0 spiro atoms. The molecule has 0 aromatic carbocycles. The Hall–Kier alpha value is -1.06. The van der Waals surface area contributed by atoms with Crippen LogP contribution in [0.15, 0.2) is 0 Å². The third kappa shape index (κ3) is 2.13. The second-order valence-corrected chi connectivity index (χ2v) is 6.19. The predicted molar refractivity (Wildman–Crippen MR) is 67.8 cm³/mol. The van der Waals surface area contributed by atoms with E-state index in [1.54, 1.807) is 0 Å². The van der Waals surface area contributed by atoms with Crippen LogP contribution in [0.3, 0.4) is 0 Å². The monoisotopic (exact) mass is 250 g/mol. The van der Waals surface area contributed by atoms with Gasteiger partial charge in [-0.3, -0.25) is 9.59 Å². The SMILES string of the molecule is CC1CC1N1CC(=O)NC(C2CCCCC2)C1=O. The molecule has 3 atom stereocenters. The molecule has 1 heterocycles. The Kier molecular flexibility index (Phi) is 3.04. The normalized spacial score (nSPS) is 37.6. The summed E-state index contributed by atoms with van der Waals surface area (Å²) in [5.74, 6) is 1.15. The standard InChI is InChI=1S/C14H22N2O2/c1-9-7-11(9)16-8-12(17)15-13(14(16)18)10-5-3-2-4-6-10/h9-11,13H,2-8H2,1H3,(H,15,17). The molecule has 2 amide bonds. The van der Waals surface area contributed by atoms with E-state index in [4.69, 9.17) is 0 Å². The maximum absolute atomic E-state index is 12.5. The molecule has 0 bridgehead atoms. The zero-order valence-corrected chi connectivity index (χ0v) is 11.0. The van der Waals surface area contributed by atoms with E-state index in [9.17, 15) is 9.59 Å². The van der Waals surface area contributed by atoms with Gasteiger partial charge in [-0.25, -0.2) is 0 Å². The molecular formula is C14H22N2O2. The number of hydrogen-bond donors (Lipinski definition) is 1. The van der Waals surface area contributed by atoms with Crippen LogP contribution in [0.1, 0.15) is 45.4 Å². The lowest BCUT2D eigenvalue weighted by molar-refractivity contribution is -0.147. The molecule has 4 nitrogen and oxygen atoms in total. The Morgan fingerprint density at radius 3 is 2.44 bits per heavy atom. The van der Waals surface area contributed by atoms with Crippen LogP contribution in [-0.4, -0.2) is 35.3 Å². The quantitative estimate of drug-likeness (QED) is 0.803. The molecule has 3 aliphatic rings. The number of amides is 2. The van der Waals surface area contributed by atoms with E-state index in [2.05, 4.69) is 12.2 Å². The zero-order valence-electron chi connectivity index (χ0n) is 11.0. The first-order chi connectivity index (χ1) is 8.66. The average molecular weight is 250 g/mol. The summed E-state index contributed by atoms with van der Waals surface area (Å²) in [6.07, 6.45) is 6.91. The number of nitrogens with zero attached hydrogens (tertiary/aromatic N) is 1. The smallest absolute Gasteiger partial charge is 0.246 e. The molecular weight excluding hydrogens is 228 g/mol. The summed E-state index contributed by atoms with van der Waals surface area (Å²) in [6, 6.07) is 0.0917. The number of carbonyl (C=O) groups is 2. The molecule has 3 fully saturated rings. The minimum atomic E-state index is -0.237. The van der Waals surface area contributed by atoms with Gasteiger partial charge in [0.25, 0.3) is 0 Å². The van der Waals surface area contributed by atoms with Crippen LogP contribution in [0.5, 0.6) is 0 Å². The lowest BCUT2D eigenvalue weighted by Gasteiger charge is -2.38. The second kappa shape index (κ2) is 4.56. The Labute approximate surface area is 108 Å². The maximum Gasteiger partial charge on any atom is 0.246 e. The summed E-state index contributed by atoms with van der Waals surface area (Å²) in [5, 5.41) is 2.93. The zero-order chi connectivity index (χ0) is 12.7. The molecule has 1 saturated heterocycles. The number of rotatable bonds is 2. The van der Waals surface area contributed by atoms with Crippen molar-refractivity contribution < 1.29 is 9.59 Å². The molecule has 18 heavy (non-hydrogen) atoms. The van der Waals surface area contributed by atoms with Crippen molar-refractivity contribution in [3.63, 3.8) is 0 Å². The van der Waals surface area contributed by atoms with E-state index in [1.807, 2.05) is 4.90 Å². The first-order valence-electron chi connectivity index (χ1n) is 7.26. The van der Waals surface area contributed by atoms with Gasteiger partial charge in [-0.05, 0) is 31.1 Å². The molecule has 100 valence electrons. The van der Waals surface area contributed by atoms with Gasteiger partial charge in [0.2, 0.25) is 11.8 Å². The fourth-order valence-electron chi connectivity index (χ4n) is 3.50. The van der Waals surface area contributed by atoms with Gasteiger partial charge in [-0.1, -0.05) is 26.2 Å². The van der Waals surface area contributed by atoms with Crippen molar-refractivity contribution in [3.8, 4) is 0 Å². The summed E-state index contributed by atoms with van der Waals surface area (Å²) >= 11 is 0. The van der Waals surface area contributed by atoms with Gasteiger partial charge in [-0.15, -0.1) is 0 Å². The van der Waals surface area contributed by atoms with E-state index in [1.165, 1.54) is 19.3 Å². The highest BCUT2D eigenvalue weighted by Gasteiger charge is 2.47. The fourth-order valence-corrected chi connectivity index (χ4v) is 3.50. The Morgan fingerprint density at radius 2 is 1.83 bits per heavy atom. The minimum absolute atomic E-state index is 0.0317. The summed E-state index contributed by atoms with van der Waals surface area (Å²) in [6.45, 7) is 2.43. The molecule has 0 aromatic rings. The third-order valence-corrected chi connectivity index (χ3v) is 4.77. The average Bonchev–Trinajstić information content (AvgIpc) is 3.10. The highest BCUT2D eigenvalue weighted by molar-refractivity contribution is 5.95. The summed E-state index contributed by atoms with van der Waals surface area (Å²) < 4.78 is 0. The van der Waals surface area contributed by atoms with Gasteiger partial charge in [0, 0.05) is 6.04 Å². The van der Waals surface area contributed by atoms with Gasteiger partial charge < -0.3 is 10.2 Å². The fraction of sp³-hybridized carbons (Fsp3) is 0.857. The topological polar surface area (TPSA) is 49.4 Å². The van der Waals surface area contributed by atoms with Crippen LogP contribution in [-0.2, 0) is 9.59 Å². The van der Waals surface area contributed by atoms with Crippen LogP contribution in [0.2, 0.25) is 0 Å². The van der Waals surface area contributed by atoms with Crippen molar-refractivity contribution >= 4 is 11.8 Å². The Bertz CT molecular complexity index is 363. The number of piperazine rings is 1. The number of carbonyl (C=O) groups excluding carboxylic acids is 2. The van der Waals surface area contributed by atoms with Crippen molar-refractivity contribution in [2.45, 2.75) is 57.5 Å². The summed E-state index contributed by atoms with van der Waals surface area (Å²) in [4.78, 5) is 26.2. The molecule has 0 aromatic heterocycles. The molecule has 1 aliphatic heterocycles. The van der Waals surface area contributed by atoms with Crippen LogP contribution in [0, 0.1) is 11.8 Å². The molecule has 4 heteroatoms. The van der Waals surface area contributed by atoms with Crippen LogP contribution in [0.4, 0.5) is 0 Å². The molecule has 3 rings (SSSR count). The molecule has 1 N–H and O–H groups in total. The first kappa shape index (κ1) is 12.0. The van der Waals surface area contributed by atoms with Crippen molar-refractivity contribution in [2.75, 3.05) is 6.54 Å². The second-order valence-electron chi connectivity index (χ2n) is 6.19. The van der Waals surface area contributed by atoms with E-state index in [0.717, 1.165) is 19.3 Å². The molecule has 0 radical (unpaired) electrons. The van der Waals surface area contributed by atoms with Crippen molar-refractivity contribution in [1.29, 1.82) is 0 Å². The van der Waals surface area contributed by atoms with Gasteiger partial charge in [0.1, 0.15) is 6.04 Å². The summed E-state index contributed by atoms with van der Waals surface area (Å²) in [5.41, 5.74) is 0. The third-order valence-electron chi connectivity index (χ3n) is 4.77. The number of hydrogen-bond acceptors (Lipinski definition) is 2. The van der Waals surface area contributed by atoms with Crippen molar-refractivity contribution in [2.24, 2.45) is 11.8 Å². The largest absolute Gasteiger partial charge is 0.342 e. The molecule has 3 unspecified atom stereocenters.